The molecule has 0 saturated carbocycles. The van der Waals surface area contributed by atoms with Crippen LogP contribution >= 0.6 is 11.6 Å². The number of nitrogen functional groups attached to an aromatic ring is 1. The molecule has 3 aromatic carbocycles. The fraction of sp³-hybridized carbons (Fsp3) is 0.192. The topological polar surface area (TPSA) is 167 Å². The summed E-state index contributed by atoms with van der Waals surface area (Å²) in [7, 11) is 0. The summed E-state index contributed by atoms with van der Waals surface area (Å²) in [6.07, 6.45) is 0. The molecule has 0 saturated heterocycles. The van der Waals surface area contributed by atoms with E-state index in [-0.39, 0.29) is 30.3 Å². The Kier molecular flexibility index (Phi) is 9.31. The van der Waals surface area contributed by atoms with Crippen LogP contribution in [0.3, 0.4) is 0 Å². The largest absolute Gasteiger partial charge is 0.490 e. The lowest BCUT2D eigenvalue weighted by Crippen LogP contribution is -2.16. The van der Waals surface area contributed by atoms with Gasteiger partial charge in [0, 0.05) is 34.1 Å². The zero-order valence-corrected chi connectivity index (χ0v) is 20.8. The van der Waals surface area contributed by atoms with Crippen LogP contribution in [-0.2, 0) is 17.9 Å². The maximum absolute atomic E-state index is 13.1. The molecule has 0 aliphatic rings. The summed E-state index contributed by atoms with van der Waals surface area (Å²) >= 11 is 6.16. The van der Waals surface area contributed by atoms with Crippen LogP contribution in [0.4, 0.5) is 11.4 Å². The molecular weight excluding hydrogens is 500 g/mol. The zero-order valence-electron chi connectivity index (χ0n) is 20.0. The smallest absolute Gasteiger partial charge is 0.341 e. The molecule has 10 nitrogen and oxygen atoms in total. The van der Waals surface area contributed by atoms with Crippen molar-refractivity contribution >= 4 is 40.7 Å². The molecule has 11 heteroatoms. The van der Waals surface area contributed by atoms with Gasteiger partial charge in [-0.05, 0) is 67.1 Å². The predicted octanol–water partition coefficient (Wildman–Crippen LogP) is 3.84. The Morgan fingerprint density at radius 3 is 2.43 bits per heavy atom. The van der Waals surface area contributed by atoms with E-state index in [1.54, 1.807) is 55.5 Å². The van der Waals surface area contributed by atoms with E-state index in [9.17, 15) is 14.7 Å². The number of carbonyl (C=O) groups excluding carboxylic acids is 1. The number of carbonyl (C=O) groups is 2. The number of nitrogens with two attached hydrogens (primary N) is 1. The molecule has 0 fully saturated rings. The fourth-order valence-electron chi connectivity index (χ4n) is 3.49. The van der Waals surface area contributed by atoms with Gasteiger partial charge in [0.1, 0.15) is 5.84 Å². The van der Waals surface area contributed by atoms with Gasteiger partial charge in [-0.1, -0.05) is 11.6 Å². The minimum atomic E-state index is -1.15. The summed E-state index contributed by atoms with van der Waals surface area (Å²) in [4.78, 5) is 24.2. The first kappa shape index (κ1) is 27.3. The third-order valence-electron chi connectivity index (χ3n) is 5.16. The number of hydrogen-bond acceptors (Lipinski definition) is 7. The highest BCUT2D eigenvalue weighted by Crippen LogP contribution is 2.34. The molecule has 0 aliphatic carbocycles. The average molecular weight is 527 g/mol. The van der Waals surface area contributed by atoms with Crippen molar-refractivity contribution in [2.75, 3.05) is 23.8 Å². The lowest BCUT2D eigenvalue weighted by atomic mass is 10.1. The highest BCUT2D eigenvalue weighted by atomic mass is 35.5. The molecule has 0 radical (unpaired) electrons. The normalized spacial score (nSPS) is 10.5. The number of amidine groups is 1. The Hall–Kier alpha value is -4.28. The van der Waals surface area contributed by atoms with Crippen molar-refractivity contribution in [3.05, 3.63) is 81.9 Å². The molecule has 0 aliphatic heterocycles. The van der Waals surface area contributed by atoms with E-state index in [0.29, 0.717) is 45.4 Å². The minimum Gasteiger partial charge on any atom is -0.490 e. The van der Waals surface area contributed by atoms with Crippen LogP contribution in [0.5, 0.6) is 11.5 Å². The Morgan fingerprint density at radius 2 is 1.81 bits per heavy atom. The van der Waals surface area contributed by atoms with Crippen LogP contribution in [-0.4, -0.2) is 41.1 Å². The maximum atomic E-state index is 13.1. The average Bonchev–Trinajstić information content (AvgIpc) is 2.87. The number of rotatable bonds is 12. The van der Waals surface area contributed by atoms with Gasteiger partial charge in [-0.3, -0.25) is 10.2 Å². The van der Waals surface area contributed by atoms with E-state index in [1.807, 2.05) is 0 Å². The van der Waals surface area contributed by atoms with Gasteiger partial charge in [-0.15, -0.1) is 0 Å². The summed E-state index contributed by atoms with van der Waals surface area (Å²) in [6.45, 7) is 1.36. The summed E-state index contributed by atoms with van der Waals surface area (Å²) in [5.41, 5.74) is 8.30. The molecule has 3 aromatic rings. The number of carboxylic acids is 1. The number of ether oxygens (including phenoxy) is 2. The highest BCUT2D eigenvalue weighted by Gasteiger charge is 2.18. The minimum absolute atomic E-state index is 0.0799. The van der Waals surface area contributed by atoms with E-state index in [4.69, 9.17) is 37.3 Å². The molecule has 0 aromatic heterocycles. The van der Waals surface area contributed by atoms with E-state index in [2.05, 4.69) is 10.6 Å². The van der Waals surface area contributed by atoms with Crippen LogP contribution < -0.4 is 25.8 Å². The number of carboxylic acid groups (broad SMARTS) is 1. The third kappa shape index (κ3) is 7.35. The van der Waals surface area contributed by atoms with Gasteiger partial charge in [-0.25, -0.2) is 4.79 Å². The Morgan fingerprint density at radius 1 is 1.08 bits per heavy atom. The standard InChI is InChI=1S/C26H27ClN4O6/c1-2-36-22-10-15(13-32)9-17(24(22)37-14-23(33)34)12-30-21-8-5-18(27)11-20(21)26(35)31-19-6-3-16(4-7-19)25(28)29/h3-11,30,32H,2,12-14H2,1H3,(H3,28,29)(H,31,35)(H,33,34). The molecular formula is C26H27ClN4O6. The Bertz CT molecular complexity index is 1300. The monoisotopic (exact) mass is 526 g/mol. The van der Waals surface area contributed by atoms with Gasteiger partial charge < -0.3 is 36.1 Å². The highest BCUT2D eigenvalue weighted by molar-refractivity contribution is 6.31. The first-order valence-electron chi connectivity index (χ1n) is 11.2. The van der Waals surface area contributed by atoms with E-state index in [1.165, 1.54) is 6.07 Å². The van der Waals surface area contributed by atoms with E-state index >= 15 is 0 Å². The van der Waals surface area contributed by atoms with Gasteiger partial charge in [0.25, 0.3) is 5.91 Å². The molecule has 0 unspecified atom stereocenters. The third-order valence-corrected chi connectivity index (χ3v) is 5.40. The van der Waals surface area contributed by atoms with Gasteiger partial charge in [0.2, 0.25) is 0 Å². The lowest BCUT2D eigenvalue weighted by Gasteiger charge is -2.18. The van der Waals surface area contributed by atoms with Crippen molar-refractivity contribution in [3.8, 4) is 11.5 Å². The molecule has 37 heavy (non-hydrogen) atoms. The Labute approximate surface area is 218 Å². The number of hydrogen-bond donors (Lipinski definition) is 6. The van der Waals surface area contributed by atoms with E-state index < -0.39 is 18.5 Å². The van der Waals surface area contributed by atoms with Gasteiger partial charge in [-0.2, -0.15) is 0 Å². The van der Waals surface area contributed by atoms with Gasteiger partial charge in [0.05, 0.1) is 18.8 Å². The van der Waals surface area contributed by atoms with E-state index in [0.717, 1.165) is 0 Å². The van der Waals surface area contributed by atoms with Crippen LogP contribution in [0, 0.1) is 5.41 Å². The number of anilines is 2. The summed E-state index contributed by atoms with van der Waals surface area (Å²) in [5.74, 6) is -1.14. The zero-order chi connectivity index (χ0) is 26.9. The molecule has 0 spiro atoms. The first-order chi connectivity index (χ1) is 17.7. The number of aliphatic carboxylic acids is 1. The van der Waals surface area contributed by atoms with Crippen LogP contribution in [0.25, 0.3) is 0 Å². The first-order valence-corrected chi connectivity index (χ1v) is 11.6. The molecule has 0 heterocycles. The fourth-order valence-corrected chi connectivity index (χ4v) is 3.66. The second kappa shape index (κ2) is 12.6. The molecule has 0 bridgehead atoms. The van der Waals surface area contributed by atoms with Gasteiger partial charge in [0.15, 0.2) is 18.1 Å². The number of amides is 1. The number of nitrogens with one attached hydrogen (secondary N) is 3. The van der Waals surface area contributed by atoms with Crippen molar-refractivity contribution < 1.29 is 29.3 Å². The number of aliphatic hydroxyl groups excluding tert-OH is 1. The van der Waals surface area contributed by atoms with Crippen LogP contribution in [0.2, 0.25) is 5.02 Å². The predicted molar refractivity (Wildman–Crippen MR) is 141 cm³/mol. The summed E-state index contributed by atoms with van der Waals surface area (Å²) in [5, 5.41) is 32.6. The maximum Gasteiger partial charge on any atom is 0.341 e. The second-order valence-electron chi connectivity index (χ2n) is 7.84. The van der Waals surface area contributed by atoms with Crippen LogP contribution in [0.1, 0.15) is 34.0 Å². The van der Waals surface area contributed by atoms with Crippen molar-refractivity contribution in [1.82, 2.24) is 0 Å². The summed E-state index contributed by atoms with van der Waals surface area (Å²) in [6, 6.07) is 14.5. The van der Waals surface area contributed by atoms with Crippen molar-refractivity contribution in [1.29, 1.82) is 5.41 Å². The number of halogens is 1. The van der Waals surface area contributed by atoms with Gasteiger partial charge >= 0.3 is 5.97 Å². The number of benzene rings is 3. The van der Waals surface area contributed by atoms with Crippen LogP contribution in [0.15, 0.2) is 54.6 Å². The van der Waals surface area contributed by atoms with Crippen molar-refractivity contribution in [3.63, 3.8) is 0 Å². The summed E-state index contributed by atoms with van der Waals surface area (Å²) < 4.78 is 11.1. The second-order valence-corrected chi connectivity index (χ2v) is 8.28. The number of aliphatic hydroxyl groups is 1. The lowest BCUT2D eigenvalue weighted by molar-refractivity contribution is -0.139. The van der Waals surface area contributed by atoms with Crippen molar-refractivity contribution in [2.45, 2.75) is 20.1 Å². The molecule has 1 amide bonds. The SMILES string of the molecule is CCOc1cc(CO)cc(CNc2ccc(Cl)cc2C(=O)Nc2ccc(C(=N)N)cc2)c1OCC(=O)O. The molecule has 194 valence electrons. The Balaban J connectivity index is 1.88. The quantitative estimate of drug-likeness (QED) is 0.153. The molecule has 0 atom stereocenters. The molecule has 7 N–H and O–H groups in total. The van der Waals surface area contributed by atoms with Crippen molar-refractivity contribution in [2.24, 2.45) is 5.73 Å². The molecule has 3 rings (SSSR count).